The summed E-state index contributed by atoms with van der Waals surface area (Å²) in [6.45, 7) is 1.29. The van der Waals surface area contributed by atoms with Gasteiger partial charge < -0.3 is 15.4 Å². The first kappa shape index (κ1) is 16.2. The lowest BCUT2D eigenvalue weighted by molar-refractivity contribution is 0.0962. The van der Waals surface area contributed by atoms with Crippen LogP contribution in [-0.4, -0.2) is 34.2 Å². The maximum Gasteiger partial charge on any atom is 0.263 e. The van der Waals surface area contributed by atoms with Gasteiger partial charge in [-0.1, -0.05) is 11.6 Å². The highest BCUT2D eigenvalue weighted by Gasteiger charge is 2.22. The van der Waals surface area contributed by atoms with Crippen molar-refractivity contribution < 1.29 is 9.53 Å². The van der Waals surface area contributed by atoms with Gasteiger partial charge in [-0.15, -0.1) is 16.4 Å². The molecule has 0 spiro atoms. The number of carbonyl (C=O) groups is 1. The van der Waals surface area contributed by atoms with Crippen LogP contribution in [0.4, 0.5) is 5.69 Å². The number of hydrogen-bond donors (Lipinski definition) is 2. The molecule has 4 heterocycles. The average molecular weight is 398 g/mol. The van der Waals surface area contributed by atoms with E-state index in [-0.39, 0.29) is 11.1 Å². The van der Waals surface area contributed by atoms with Crippen molar-refractivity contribution in [3.63, 3.8) is 0 Å². The Kier molecular flexibility index (Phi) is 3.80. The molecule has 7 nitrogen and oxygen atoms in total. The fourth-order valence-electron chi connectivity index (χ4n) is 3.11. The number of carbonyl (C=O) groups excluding carboxylic acids is 1. The van der Waals surface area contributed by atoms with Crippen LogP contribution < -0.4 is 15.4 Å². The molecule has 5 rings (SSSR count). The molecule has 1 aromatic carbocycles. The van der Waals surface area contributed by atoms with Crippen LogP contribution in [-0.2, 0) is 0 Å². The Balaban J connectivity index is 1.63. The molecule has 0 bridgehead atoms. The van der Waals surface area contributed by atoms with E-state index in [0.717, 1.165) is 26.7 Å². The Bertz CT molecular complexity index is 1210. The fourth-order valence-corrected chi connectivity index (χ4v) is 4.38. The highest BCUT2D eigenvalue weighted by Crippen LogP contribution is 2.41. The zero-order valence-corrected chi connectivity index (χ0v) is 15.4. The molecule has 0 atom stereocenters. The van der Waals surface area contributed by atoms with Gasteiger partial charge in [-0.05, 0) is 18.2 Å². The van der Waals surface area contributed by atoms with E-state index in [0.29, 0.717) is 29.6 Å². The minimum Gasteiger partial charge on any atom is -0.437 e. The molecule has 0 radical (unpaired) electrons. The summed E-state index contributed by atoms with van der Waals surface area (Å²) >= 11 is 7.32. The molecule has 0 saturated heterocycles. The smallest absolute Gasteiger partial charge is 0.263 e. The zero-order chi connectivity index (χ0) is 18.4. The molecule has 1 aliphatic heterocycles. The topological polar surface area (TPSA) is 89.0 Å². The van der Waals surface area contributed by atoms with Crippen molar-refractivity contribution in [3.05, 3.63) is 46.6 Å². The number of amides is 1. The molecule has 1 aliphatic rings. The number of rotatable bonds is 2. The van der Waals surface area contributed by atoms with Gasteiger partial charge in [0.05, 0.1) is 17.4 Å². The maximum absolute atomic E-state index is 12.3. The number of halogens is 1. The minimum absolute atomic E-state index is 0.0423. The molecule has 2 N–H and O–H groups in total. The first-order valence-corrected chi connectivity index (χ1v) is 9.43. The van der Waals surface area contributed by atoms with Gasteiger partial charge in [0, 0.05) is 40.7 Å². The number of fused-ring (bicyclic) bond motifs is 5. The quantitative estimate of drug-likeness (QED) is 0.534. The van der Waals surface area contributed by atoms with E-state index in [2.05, 4.69) is 25.8 Å². The van der Waals surface area contributed by atoms with E-state index < -0.39 is 0 Å². The Labute approximate surface area is 162 Å². The molecule has 9 heteroatoms. The SMILES string of the molecule is O=C1NCCNc2c1sc1ccc3nc(Oc4cnnc(Cl)c4)ccc3c21. The minimum atomic E-state index is -0.0423. The van der Waals surface area contributed by atoms with E-state index in [9.17, 15) is 4.79 Å². The van der Waals surface area contributed by atoms with E-state index in [1.54, 1.807) is 12.1 Å². The zero-order valence-electron chi connectivity index (χ0n) is 13.8. The molecule has 0 fully saturated rings. The van der Waals surface area contributed by atoms with Crippen molar-refractivity contribution in [2.75, 3.05) is 18.4 Å². The monoisotopic (exact) mass is 397 g/mol. The van der Waals surface area contributed by atoms with E-state index in [4.69, 9.17) is 16.3 Å². The Morgan fingerprint density at radius 1 is 1.15 bits per heavy atom. The third-order valence-electron chi connectivity index (χ3n) is 4.24. The second-order valence-corrected chi connectivity index (χ2v) is 7.40. The highest BCUT2D eigenvalue weighted by atomic mass is 35.5. The number of aromatic nitrogens is 3. The first-order chi connectivity index (χ1) is 13.2. The summed E-state index contributed by atoms with van der Waals surface area (Å²) in [5.41, 5.74) is 1.65. The van der Waals surface area contributed by atoms with Crippen LogP contribution in [0.2, 0.25) is 5.15 Å². The molecule has 0 aliphatic carbocycles. The van der Waals surface area contributed by atoms with Crippen LogP contribution in [0.15, 0.2) is 36.5 Å². The van der Waals surface area contributed by atoms with Gasteiger partial charge in [-0.25, -0.2) is 4.98 Å². The van der Waals surface area contributed by atoms with Crippen LogP contribution in [0, 0.1) is 0 Å². The fraction of sp³-hybridized carbons (Fsp3) is 0.111. The second kappa shape index (κ2) is 6.33. The van der Waals surface area contributed by atoms with Crippen molar-refractivity contribution in [2.45, 2.75) is 0 Å². The Morgan fingerprint density at radius 3 is 2.93 bits per heavy atom. The average Bonchev–Trinajstić information content (AvgIpc) is 2.94. The number of hydrogen-bond acceptors (Lipinski definition) is 7. The van der Waals surface area contributed by atoms with Crippen LogP contribution in [0.5, 0.6) is 11.6 Å². The number of thiophene rings is 1. The molecule has 27 heavy (non-hydrogen) atoms. The van der Waals surface area contributed by atoms with Gasteiger partial charge in [-0.3, -0.25) is 4.79 Å². The number of pyridine rings is 1. The molecule has 3 aromatic heterocycles. The van der Waals surface area contributed by atoms with Crippen molar-refractivity contribution in [1.29, 1.82) is 0 Å². The van der Waals surface area contributed by atoms with Gasteiger partial charge in [0.2, 0.25) is 5.88 Å². The summed E-state index contributed by atoms with van der Waals surface area (Å²) in [4.78, 5) is 17.6. The van der Waals surface area contributed by atoms with Gasteiger partial charge in [0.1, 0.15) is 4.88 Å². The van der Waals surface area contributed by atoms with E-state index in [1.165, 1.54) is 17.5 Å². The predicted molar refractivity (Wildman–Crippen MR) is 105 cm³/mol. The summed E-state index contributed by atoms with van der Waals surface area (Å²) in [7, 11) is 0. The van der Waals surface area contributed by atoms with Crippen LogP contribution in [0.3, 0.4) is 0 Å². The maximum atomic E-state index is 12.3. The normalized spacial score (nSPS) is 13.7. The summed E-state index contributed by atoms with van der Waals surface area (Å²) in [5, 5.41) is 15.9. The van der Waals surface area contributed by atoms with Crippen LogP contribution in [0.1, 0.15) is 9.67 Å². The standard InChI is InChI=1S/C18H12ClN5O2S/c19-13-7-9(8-22-24-13)26-14-4-1-10-11(23-14)2-3-12-15(10)16-17(27-12)18(25)21-6-5-20-16/h1-4,7-8,20H,5-6H2,(H,21,25). The second-order valence-electron chi connectivity index (χ2n) is 5.96. The Morgan fingerprint density at radius 2 is 2.04 bits per heavy atom. The predicted octanol–water partition coefficient (Wildman–Crippen LogP) is 3.84. The molecule has 134 valence electrons. The van der Waals surface area contributed by atoms with Gasteiger partial charge in [-0.2, -0.15) is 5.10 Å². The van der Waals surface area contributed by atoms with Gasteiger partial charge in [0.15, 0.2) is 10.9 Å². The number of benzene rings is 1. The lowest BCUT2D eigenvalue weighted by atomic mass is 10.1. The van der Waals surface area contributed by atoms with Crippen molar-refractivity contribution in [2.24, 2.45) is 0 Å². The lowest BCUT2D eigenvalue weighted by Crippen LogP contribution is -2.24. The summed E-state index contributed by atoms with van der Waals surface area (Å²) in [6.07, 6.45) is 1.47. The van der Waals surface area contributed by atoms with Crippen LogP contribution in [0.25, 0.3) is 21.0 Å². The third-order valence-corrected chi connectivity index (χ3v) is 5.58. The molecule has 1 amide bonds. The summed E-state index contributed by atoms with van der Waals surface area (Å²) < 4.78 is 6.77. The highest BCUT2D eigenvalue weighted by molar-refractivity contribution is 7.21. The molecular weight excluding hydrogens is 386 g/mol. The van der Waals surface area contributed by atoms with E-state index in [1.807, 2.05) is 18.2 Å². The third kappa shape index (κ3) is 2.83. The Hall–Kier alpha value is -2.97. The van der Waals surface area contributed by atoms with Crippen molar-refractivity contribution in [1.82, 2.24) is 20.5 Å². The van der Waals surface area contributed by atoms with Gasteiger partial charge >= 0.3 is 0 Å². The first-order valence-electron chi connectivity index (χ1n) is 8.23. The lowest BCUT2D eigenvalue weighted by Gasteiger charge is -2.08. The van der Waals surface area contributed by atoms with Crippen molar-refractivity contribution >= 4 is 55.5 Å². The molecular formula is C18H12ClN5O2S. The largest absolute Gasteiger partial charge is 0.437 e. The number of ether oxygens (including phenoxy) is 1. The van der Waals surface area contributed by atoms with Crippen molar-refractivity contribution in [3.8, 4) is 11.6 Å². The molecule has 0 saturated carbocycles. The molecule has 0 unspecified atom stereocenters. The van der Waals surface area contributed by atoms with Gasteiger partial charge in [0.25, 0.3) is 5.91 Å². The van der Waals surface area contributed by atoms with Crippen LogP contribution >= 0.6 is 22.9 Å². The molecule has 4 aromatic rings. The summed E-state index contributed by atoms with van der Waals surface area (Å²) in [6, 6.07) is 9.22. The number of anilines is 1. The van der Waals surface area contributed by atoms with E-state index >= 15 is 0 Å². The number of nitrogens with one attached hydrogen (secondary N) is 2. The number of nitrogens with zero attached hydrogens (tertiary/aromatic N) is 3. The summed E-state index contributed by atoms with van der Waals surface area (Å²) in [5.74, 6) is 0.850.